The lowest BCUT2D eigenvalue weighted by Gasteiger charge is -2.02. The molecule has 0 fully saturated rings. The molecule has 0 aliphatic carbocycles. The molecule has 10 heteroatoms. The number of halogens is 3. The molecule has 0 aromatic carbocycles. The molecule has 2 aromatic rings. The normalized spacial score (nSPS) is 11.6. The summed E-state index contributed by atoms with van der Waals surface area (Å²) in [6.45, 7) is 0.126. The van der Waals surface area contributed by atoms with E-state index in [1.54, 1.807) is 0 Å². The van der Waals surface area contributed by atoms with Crippen LogP contribution in [0.25, 0.3) is 0 Å². The Balaban J connectivity index is 1.88. The molecular formula is C11H11F3N4O2S. The largest absolute Gasteiger partial charge is 0.434 e. The first kappa shape index (κ1) is 15.3. The molecule has 6 nitrogen and oxygen atoms in total. The van der Waals surface area contributed by atoms with Crippen molar-refractivity contribution in [3.8, 4) is 0 Å². The van der Waals surface area contributed by atoms with E-state index in [4.69, 9.17) is 0 Å². The van der Waals surface area contributed by atoms with E-state index in [0.717, 1.165) is 27.5 Å². The first-order valence-corrected chi connectivity index (χ1v) is 6.71. The van der Waals surface area contributed by atoms with Crippen molar-refractivity contribution in [1.82, 2.24) is 20.1 Å². The highest BCUT2D eigenvalue weighted by atomic mass is 32.1. The van der Waals surface area contributed by atoms with Gasteiger partial charge >= 0.3 is 6.18 Å². The number of thiazole rings is 1. The number of H-pyrrole nitrogens is 1. The van der Waals surface area contributed by atoms with E-state index < -0.39 is 17.8 Å². The third-order valence-corrected chi connectivity index (χ3v) is 3.51. The zero-order chi connectivity index (χ0) is 15.6. The van der Waals surface area contributed by atoms with Gasteiger partial charge in [0.25, 0.3) is 11.5 Å². The van der Waals surface area contributed by atoms with Gasteiger partial charge in [0.2, 0.25) is 0 Å². The van der Waals surface area contributed by atoms with Crippen LogP contribution in [0.15, 0.2) is 16.2 Å². The van der Waals surface area contributed by atoms with Crippen molar-refractivity contribution in [2.45, 2.75) is 12.6 Å². The fourth-order valence-corrected chi connectivity index (χ4v) is 2.34. The summed E-state index contributed by atoms with van der Waals surface area (Å²) in [5, 5.41) is 6.26. The predicted molar refractivity (Wildman–Crippen MR) is 69.2 cm³/mol. The second-order valence-electron chi connectivity index (χ2n) is 4.20. The van der Waals surface area contributed by atoms with Crippen molar-refractivity contribution in [3.63, 3.8) is 0 Å². The number of carbonyl (C=O) groups is 1. The van der Waals surface area contributed by atoms with Crippen molar-refractivity contribution in [2.75, 3.05) is 6.54 Å². The number of alkyl halides is 3. The Kier molecular flexibility index (Phi) is 4.16. The van der Waals surface area contributed by atoms with Gasteiger partial charge < -0.3 is 5.32 Å². The summed E-state index contributed by atoms with van der Waals surface area (Å²) < 4.78 is 38.2. The monoisotopic (exact) mass is 320 g/mol. The van der Waals surface area contributed by atoms with Gasteiger partial charge in [-0.3, -0.25) is 19.4 Å². The first-order chi connectivity index (χ1) is 9.77. The Labute approximate surface area is 120 Å². The average molecular weight is 320 g/mol. The van der Waals surface area contributed by atoms with E-state index in [1.807, 2.05) is 0 Å². The van der Waals surface area contributed by atoms with E-state index in [-0.39, 0.29) is 29.2 Å². The second kappa shape index (κ2) is 5.72. The summed E-state index contributed by atoms with van der Waals surface area (Å²) in [7, 11) is 1.47. The molecule has 0 bridgehead atoms. The SMILES string of the molecule is Cn1[nH]c(C(=O)NCCc2nc(C(F)(F)F)cs2)cc1=O. The molecule has 2 N–H and O–H groups in total. The summed E-state index contributed by atoms with van der Waals surface area (Å²) in [5.41, 5.74) is -1.19. The van der Waals surface area contributed by atoms with Gasteiger partial charge in [0.05, 0.1) is 5.01 Å². The lowest BCUT2D eigenvalue weighted by atomic mass is 10.3. The van der Waals surface area contributed by atoms with Crippen molar-refractivity contribution in [1.29, 1.82) is 0 Å². The number of amides is 1. The lowest BCUT2D eigenvalue weighted by Crippen LogP contribution is -2.26. The molecule has 2 aromatic heterocycles. The van der Waals surface area contributed by atoms with E-state index in [0.29, 0.717) is 0 Å². The highest BCUT2D eigenvalue weighted by Gasteiger charge is 2.33. The van der Waals surface area contributed by atoms with Crippen LogP contribution in [0.4, 0.5) is 13.2 Å². The number of rotatable bonds is 4. The smallest absolute Gasteiger partial charge is 0.350 e. The third kappa shape index (κ3) is 3.72. The van der Waals surface area contributed by atoms with Gasteiger partial charge in [0.1, 0.15) is 5.69 Å². The fourth-order valence-electron chi connectivity index (χ4n) is 1.54. The Morgan fingerprint density at radius 2 is 2.24 bits per heavy atom. The summed E-state index contributed by atoms with van der Waals surface area (Å²) in [6, 6.07) is 1.14. The highest BCUT2D eigenvalue weighted by molar-refractivity contribution is 7.09. The number of nitrogens with one attached hydrogen (secondary N) is 2. The molecule has 0 saturated heterocycles. The molecule has 0 aliphatic heterocycles. The van der Waals surface area contributed by atoms with Gasteiger partial charge in [-0.2, -0.15) is 13.2 Å². The van der Waals surface area contributed by atoms with Crippen molar-refractivity contribution in [3.05, 3.63) is 38.2 Å². The van der Waals surface area contributed by atoms with E-state index in [2.05, 4.69) is 15.4 Å². The molecule has 0 spiro atoms. The molecule has 0 aliphatic rings. The van der Waals surface area contributed by atoms with Crippen LogP contribution in [0, 0.1) is 0 Å². The Hall–Kier alpha value is -2.10. The fraction of sp³-hybridized carbons (Fsp3) is 0.364. The molecule has 0 saturated carbocycles. The number of aromatic nitrogens is 3. The van der Waals surface area contributed by atoms with Crippen LogP contribution in [0.3, 0.4) is 0 Å². The van der Waals surface area contributed by atoms with Crippen LogP contribution < -0.4 is 10.9 Å². The van der Waals surface area contributed by atoms with Crippen molar-refractivity contribution < 1.29 is 18.0 Å². The van der Waals surface area contributed by atoms with Crippen LogP contribution in [0.2, 0.25) is 0 Å². The van der Waals surface area contributed by atoms with Gasteiger partial charge in [-0.15, -0.1) is 11.3 Å². The minimum Gasteiger partial charge on any atom is -0.350 e. The van der Waals surface area contributed by atoms with E-state index >= 15 is 0 Å². The summed E-state index contributed by atoms with van der Waals surface area (Å²) in [6.07, 6.45) is -4.27. The van der Waals surface area contributed by atoms with Gasteiger partial charge in [-0.05, 0) is 0 Å². The summed E-state index contributed by atoms with van der Waals surface area (Å²) in [4.78, 5) is 26.3. The van der Waals surface area contributed by atoms with Gasteiger partial charge in [-0.25, -0.2) is 4.98 Å². The first-order valence-electron chi connectivity index (χ1n) is 5.83. The standard InChI is InChI=1S/C11H11F3N4O2S/c1-18-9(19)4-6(17-18)10(20)15-3-2-8-16-7(5-21-8)11(12,13)14/h4-5,17H,2-3H2,1H3,(H,15,20). The van der Waals surface area contributed by atoms with Crippen LogP contribution >= 0.6 is 11.3 Å². The maximum Gasteiger partial charge on any atom is 0.434 e. The van der Waals surface area contributed by atoms with Crippen LogP contribution in [-0.2, 0) is 19.6 Å². The molecule has 0 radical (unpaired) electrons. The minimum atomic E-state index is -4.46. The summed E-state index contributed by atoms with van der Waals surface area (Å²) in [5.74, 6) is -0.500. The van der Waals surface area contributed by atoms with Gasteiger partial charge in [-0.1, -0.05) is 0 Å². The Bertz CT molecular complexity index is 701. The molecule has 0 unspecified atom stereocenters. The molecule has 0 atom stereocenters. The molecule has 114 valence electrons. The topological polar surface area (TPSA) is 79.8 Å². The molecular weight excluding hydrogens is 309 g/mol. The van der Waals surface area contributed by atoms with Crippen LogP contribution in [-0.4, -0.2) is 27.2 Å². The van der Waals surface area contributed by atoms with E-state index in [9.17, 15) is 22.8 Å². The quantitative estimate of drug-likeness (QED) is 0.887. The predicted octanol–water partition coefficient (Wildman–Crippen LogP) is 1.16. The minimum absolute atomic E-state index is 0.0950. The molecule has 1 amide bonds. The molecule has 21 heavy (non-hydrogen) atoms. The average Bonchev–Trinajstić information content (AvgIpc) is 2.97. The van der Waals surface area contributed by atoms with Crippen LogP contribution in [0.1, 0.15) is 21.2 Å². The van der Waals surface area contributed by atoms with Crippen LogP contribution in [0.5, 0.6) is 0 Å². The zero-order valence-electron chi connectivity index (χ0n) is 10.8. The highest BCUT2D eigenvalue weighted by Crippen LogP contribution is 2.29. The maximum absolute atomic E-state index is 12.4. The number of aromatic amines is 1. The number of carbonyl (C=O) groups excluding carboxylic acids is 1. The number of hydrogen-bond acceptors (Lipinski definition) is 4. The van der Waals surface area contributed by atoms with Gasteiger partial charge in [0.15, 0.2) is 5.69 Å². The third-order valence-electron chi connectivity index (χ3n) is 2.60. The number of aryl methyl sites for hydroxylation is 1. The number of nitrogens with zero attached hydrogens (tertiary/aromatic N) is 2. The van der Waals surface area contributed by atoms with Crippen molar-refractivity contribution >= 4 is 17.2 Å². The lowest BCUT2D eigenvalue weighted by molar-refractivity contribution is -0.140. The molecule has 2 rings (SSSR count). The second-order valence-corrected chi connectivity index (χ2v) is 5.14. The maximum atomic E-state index is 12.4. The molecule has 2 heterocycles. The Morgan fingerprint density at radius 3 is 2.76 bits per heavy atom. The zero-order valence-corrected chi connectivity index (χ0v) is 11.6. The van der Waals surface area contributed by atoms with E-state index in [1.165, 1.54) is 7.05 Å². The summed E-state index contributed by atoms with van der Waals surface area (Å²) >= 11 is 0.886. The number of hydrogen-bond donors (Lipinski definition) is 2. The Morgan fingerprint density at radius 1 is 1.52 bits per heavy atom. The van der Waals surface area contributed by atoms with Crippen molar-refractivity contribution in [2.24, 2.45) is 7.05 Å². The van der Waals surface area contributed by atoms with Gasteiger partial charge in [0, 0.05) is 31.5 Å².